The normalized spacial score (nSPS) is 22.8. The molecule has 0 saturated carbocycles. The predicted molar refractivity (Wildman–Crippen MR) is 165 cm³/mol. The van der Waals surface area contributed by atoms with Crippen molar-refractivity contribution in [3.8, 4) is 5.75 Å². The molecule has 17 heteroatoms. The summed E-state index contributed by atoms with van der Waals surface area (Å²) in [7, 11) is -4.53. The maximum absolute atomic E-state index is 15.5. The van der Waals surface area contributed by atoms with Crippen LogP contribution in [0.15, 0.2) is 48.8 Å². The van der Waals surface area contributed by atoms with Crippen molar-refractivity contribution in [2.75, 3.05) is 25.6 Å². The second-order valence-corrected chi connectivity index (χ2v) is 12.7. The van der Waals surface area contributed by atoms with Crippen molar-refractivity contribution in [3.05, 3.63) is 54.5 Å². The molecule has 0 aliphatic carbocycles. The highest BCUT2D eigenvalue weighted by atomic mass is 31.2. The fourth-order valence-corrected chi connectivity index (χ4v) is 6.33. The fourth-order valence-electron chi connectivity index (χ4n) is 4.78. The monoisotopic (exact) mass is 679 g/mol. The molecule has 0 bridgehead atoms. The van der Waals surface area contributed by atoms with E-state index in [1.54, 1.807) is 58.0 Å². The average Bonchev–Trinajstić information content (AvgIpc) is 3.60. The third kappa shape index (κ3) is 8.07. The smallest absolute Gasteiger partial charge is 0.459 e. The van der Waals surface area contributed by atoms with Crippen LogP contribution in [0.4, 0.5) is 10.2 Å². The molecule has 6 atom stereocenters. The predicted octanol–water partition coefficient (Wildman–Crippen LogP) is 3.73. The number of halogens is 1. The topological polar surface area (TPSA) is 192 Å². The number of benzene rings is 1. The standard InChI is InChI=1S/C30H39FN5O10P/c1-6-23(37)43-25-24(21-13-14-22-27(32)33-17-34-36(21)22)45-30(15-31,26(25)44-28(38)18(3)4)16-42-47(40,35-19(5)29(39)41-7-2)46-20-11-9-8-10-12-20/h8-14,17-19,24-26H,6-7,15-16H2,1-5H3,(H,35,40)(H2,32,33,34)/t19-,24-,25-,26-,30+,47?/m0/s1. The van der Waals surface area contributed by atoms with Gasteiger partial charge in [-0.15, -0.1) is 0 Å². The summed E-state index contributed by atoms with van der Waals surface area (Å²) in [5, 5.41) is 6.74. The van der Waals surface area contributed by atoms with E-state index in [2.05, 4.69) is 15.2 Å². The van der Waals surface area contributed by atoms with E-state index in [0.29, 0.717) is 5.52 Å². The molecule has 256 valence electrons. The van der Waals surface area contributed by atoms with E-state index < -0.39 is 74.8 Å². The summed E-state index contributed by atoms with van der Waals surface area (Å²) in [5.41, 5.74) is 4.46. The van der Waals surface area contributed by atoms with Gasteiger partial charge >= 0.3 is 25.7 Å². The molecule has 1 saturated heterocycles. The van der Waals surface area contributed by atoms with Crippen LogP contribution in [0.5, 0.6) is 5.75 Å². The number of carbonyl (C=O) groups is 3. The summed E-state index contributed by atoms with van der Waals surface area (Å²) in [6.07, 6.45) is -3.18. The van der Waals surface area contributed by atoms with Crippen molar-refractivity contribution in [2.45, 2.75) is 71.0 Å². The molecule has 3 aromatic rings. The van der Waals surface area contributed by atoms with Crippen LogP contribution >= 0.6 is 7.75 Å². The van der Waals surface area contributed by atoms with Gasteiger partial charge in [0, 0.05) is 6.42 Å². The van der Waals surface area contributed by atoms with E-state index >= 15 is 4.39 Å². The van der Waals surface area contributed by atoms with E-state index in [1.165, 1.54) is 29.9 Å². The highest BCUT2D eigenvalue weighted by Crippen LogP contribution is 2.50. The number of hydrogen-bond donors (Lipinski definition) is 2. The molecular formula is C30H39FN5O10P. The van der Waals surface area contributed by atoms with Gasteiger partial charge in [0.15, 0.2) is 23.6 Å². The SMILES string of the molecule is CCOC(=O)[C@H](C)NP(=O)(OC[C@@]1(CF)O[C@@H](c2ccc3c(N)ncnn23)[C@H](OC(=O)CC)[C@@H]1OC(=O)C(C)C)Oc1ccccc1. The van der Waals surface area contributed by atoms with Gasteiger partial charge in [0.05, 0.1) is 24.8 Å². The minimum absolute atomic E-state index is 0.0570. The van der Waals surface area contributed by atoms with Gasteiger partial charge in [0.2, 0.25) is 0 Å². The summed E-state index contributed by atoms with van der Waals surface area (Å²) in [6, 6.07) is 9.91. The molecule has 1 aromatic carbocycles. The van der Waals surface area contributed by atoms with Crippen LogP contribution in [-0.2, 0) is 42.4 Å². The lowest BCUT2D eigenvalue weighted by Crippen LogP contribution is -2.52. The average molecular weight is 680 g/mol. The number of anilines is 1. The number of fused-ring (bicyclic) bond motifs is 1. The van der Waals surface area contributed by atoms with Crippen LogP contribution in [0.3, 0.4) is 0 Å². The minimum atomic E-state index is -4.53. The number of aromatic nitrogens is 3. The quantitative estimate of drug-likeness (QED) is 0.134. The molecule has 1 unspecified atom stereocenters. The molecule has 3 heterocycles. The maximum atomic E-state index is 15.5. The molecule has 15 nitrogen and oxygen atoms in total. The Morgan fingerprint density at radius 1 is 1.11 bits per heavy atom. The second-order valence-electron chi connectivity index (χ2n) is 11.0. The molecule has 1 fully saturated rings. The van der Waals surface area contributed by atoms with E-state index in [1.807, 2.05) is 0 Å². The number of nitrogen functional groups attached to an aromatic ring is 1. The molecule has 1 aliphatic heterocycles. The van der Waals surface area contributed by atoms with Crippen LogP contribution < -0.4 is 15.3 Å². The molecule has 0 spiro atoms. The Hall–Kier alpha value is -4.11. The number of nitrogens with zero attached hydrogens (tertiary/aromatic N) is 3. The first-order valence-electron chi connectivity index (χ1n) is 15.0. The largest absolute Gasteiger partial charge is 0.465 e. The highest BCUT2D eigenvalue weighted by Gasteiger charge is 2.61. The van der Waals surface area contributed by atoms with Crippen LogP contribution in [0.25, 0.3) is 5.52 Å². The van der Waals surface area contributed by atoms with E-state index in [9.17, 15) is 18.9 Å². The van der Waals surface area contributed by atoms with E-state index in [-0.39, 0.29) is 30.3 Å². The zero-order valence-electron chi connectivity index (χ0n) is 26.7. The summed E-state index contributed by atoms with van der Waals surface area (Å²) in [6.45, 7) is 5.52. The zero-order chi connectivity index (χ0) is 34.4. The fraction of sp³-hybridized carbons (Fsp3) is 0.500. The second kappa shape index (κ2) is 15.2. The summed E-state index contributed by atoms with van der Waals surface area (Å²) >= 11 is 0. The summed E-state index contributed by atoms with van der Waals surface area (Å²) < 4.78 is 65.5. The lowest BCUT2D eigenvalue weighted by molar-refractivity contribution is -0.177. The number of ether oxygens (including phenoxy) is 4. The number of hydrogen-bond acceptors (Lipinski definition) is 13. The van der Waals surface area contributed by atoms with Crippen LogP contribution in [0.2, 0.25) is 0 Å². The van der Waals surface area contributed by atoms with Crippen LogP contribution in [-0.4, -0.2) is 76.2 Å². The number of esters is 3. The molecule has 1 aliphatic rings. The number of carbonyl (C=O) groups excluding carboxylic acids is 3. The van der Waals surface area contributed by atoms with Gasteiger partial charge in [-0.1, -0.05) is 39.0 Å². The lowest BCUT2D eigenvalue weighted by atomic mass is 9.95. The third-order valence-electron chi connectivity index (χ3n) is 7.22. The third-order valence-corrected chi connectivity index (χ3v) is 8.84. The van der Waals surface area contributed by atoms with Gasteiger partial charge < -0.3 is 29.2 Å². The van der Waals surface area contributed by atoms with E-state index in [0.717, 1.165) is 0 Å². The van der Waals surface area contributed by atoms with Crippen molar-refractivity contribution >= 4 is 37.0 Å². The first-order chi connectivity index (χ1) is 22.4. The Morgan fingerprint density at radius 3 is 2.47 bits per heavy atom. The number of nitrogens with one attached hydrogen (secondary N) is 1. The van der Waals surface area contributed by atoms with Crippen molar-refractivity contribution in [3.63, 3.8) is 0 Å². The first kappa shape index (κ1) is 35.7. The lowest BCUT2D eigenvalue weighted by Gasteiger charge is -2.33. The van der Waals surface area contributed by atoms with E-state index in [4.69, 9.17) is 33.7 Å². The molecule has 0 amide bonds. The number of rotatable bonds is 15. The molecule has 2 aromatic heterocycles. The molecule has 3 N–H and O–H groups in total. The molecule has 0 radical (unpaired) electrons. The van der Waals surface area contributed by atoms with Crippen molar-refractivity contribution < 1.29 is 51.3 Å². The van der Waals surface area contributed by atoms with Gasteiger partial charge in [0.25, 0.3) is 0 Å². The van der Waals surface area contributed by atoms with Gasteiger partial charge in [-0.3, -0.25) is 18.9 Å². The Morgan fingerprint density at radius 2 is 1.83 bits per heavy atom. The van der Waals surface area contributed by atoms with Crippen molar-refractivity contribution in [1.29, 1.82) is 0 Å². The number of alkyl halides is 1. The van der Waals surface area contributed by atoms with Crippen LogP contribution in [0, 0.1) is 5.92 Å². The van der Waals surface area contributed by atoms with Gasteiger partial charge in [-0.05, 0) is 38.1 Å². The zero-order valence-corrected chi connectivity index (χ0v) is 27.6. The maximum Gasteiger partial charge on any atom is 0.459 e. The number of para-hydroxylation sites is 1. The molecule has 47 heavy (non-hydrogen) atoms. The van der Waals surface area contributed by atoms with Gasteiger partial charge in [0.1, 0.15) is 36.4 Å². The highest BCUT2D eigenvalue weighted by molar-refractivity contribution is 7.52. The Balaban J connectivity index is 1.78. The van der Waals surface area contributed by atoms with Crippen LogP contribution in [0.1, 0.15) is 52.8 Å². The Kier molecular flexibility index (Phi) is 11.6. The van der Waals surface area contributed by atoms with Crippen molar-refractivity contribution in [2.24, 2.45) is 5.92 Å². The van der Waals surface area contributed by atoms with Gasteiger partial charge in [-0.2, -0.15) is 10.2 Å². The first-order valence-corrected chi connectivity index (χ1v) is 16.6. The Labute approximate surface area is 270 Å². The summed E-state index contributed by atoms with van der Waals surface area (Å²) in [5.74, 6) is -2.62. The van der Waals surface area contributed by atoms with Gasteiger partial charge in [-0.25, -0.2) is 18.5 Å². The number of nitrogens with two attached hydrogens (primary N) is 1. The Bertz CT molecular complexity index is 1610. The molecular weight excluding hydrogens is 640 g/mol. The molecule has 4 rings (SSSR count). The van der Waals surface area contributed by atoms with Crippen molar-refractivity contribution in [1.82, 2.24) is 19.7 Å². The summed E-state index contributed by atoms with van der Waals surface area (Å²) in [4.78, 5) is 42.1. The minimum Gasteiger partial charge on any atom is -0.465 e.